The van der Waals surface area contributed by atoms with Gasteiger partial charge in [-0.05, 0) is 42.0 Å². The van der Waals surface area contributed by atoms with Gasteiger partial charge in [0.05, 0.1) is 26.1 Å². The van der Waals surface area contributed by atoms with Gasteiger partial charge in [0, 0.05) is 18.8 Å². The molecule has 3 heterocycles. The predicted molar refractivity (Wildman–Crippen MR) is 96.1 cm³/mol. The van der Waals surface area contributed by atoms with E-state index in [0.717, 1.165) is 42.7 Å². The van der Waals surface area contributed by atoms with E-state index < -0.39 is 0 Å². The molecule has 0 aliphatic carbocycles. The van der Waals surface area contributed by atoms with E-state index in [0.29, 0.717) is 6.42 Å². The molecule has 1 aromatic carbocycles. The highest BCUT2D eigenvalue weighted by molar-refractivity contribution is 8.16. The molecule has 1 aromatic rings. The first kappa shape index (κ1) is 15.6. The van der Waals surface area contributed by atoms with Crippen molar-refractivity contribution in [2.45, 2.75) is 25.8 Å². The van der Waals surface area contributed by atoms with E-state index >= 15 is 0 Å². The lowest BCUT2D eigenvalue weighted by atomic mass is 9.93. The van der Waals surface area contributed by atoms with Crippen LogP contribution in [0.3, 0.4) is 0 Å². The monoisotopic (exact) mass is 343 g/mol. The van der Waals surface area contributed by atoms with Gasteiger partial charge in [0.2, 0.25) is 5.91 Å². The lowest BCUT2D eigenvalue weighted by molar-refractivity contribution is -0.133. The van der Waals surface area contributed by atoms with Gasteiger partial charge in [-0.25, -0.2) is 0 Å². The van der Waals surface area contributed by atoms with Crippen LogP contribution in [-0.4, -0.2) is 47.6 Å². The molecule has 4 rings (SSSR count). The maximum absolute atomic E-state index is 12.9. The summed E-state index contributed by atoms with van der Waals surface area (Å²) in [5, 5.41) is 3.11. The number of fused-ring (bicyclic) bond motifs is 2. The number of ether oxygens (including phenoxy) is 1. The Morgan fingerprint density at radius 1 is 1.42 bits per heavy atom. The zero-order valence-electron chi connectivity index (χ0n) is 14.0. The summed E-state index contributed by atoms with van der Waals surface area (Å²) in [6, 6.07) is 6.26. The molecule has 24 heavy (non-hydrogen) atoms. The quantitative estimate of drug-likeness (QED) is 0.847. The third-order valence-corrected chi connectivity index (χ3v) is 5.94. The molecular weight excluding hydrogens is 322 g/mol. The topological polar surface area (TPSA) is 45.1 Å². The molecule has 0 saturated carbocycles. The Morgan fingerprint density at radius 2 is 2.29 bits per heavy atom. The summed E-state index contributed by atoms with van der Waals surface area (Å²) in [6.07, 6.45) is 1.36. The average Bonchev–Trinajstić information content (AvgIpc) is 3.20. The summed E-state index contributed by atoms with van der Waals surface area (Å²) >= 11 is 1.63. The number of carbonyl (C=O) groups is 1. The molecule has 0 aromatic heterocycles. The molecule has 1 unspecified atom stereocenters. The molecule has 5 nitrogen and oxygen atoms in total. The fraction of sp³-hybridized carbons (Fsp3) is 0.444. The van der Waals surface area contributed by atoms with E-state index in [9.17, 15) is 4.79 Å². The number of amidine groups is 1. The van der Waals surface area contributed by atoms with Crippen LogP contribution in [-0.2, 0) is 11.2 Å². The van der Waals surface area contributed by atoms with Crippen molar-refractivity contribution in [3.63, 3.8) is 0 Å². The minimum Gasteiger partial charge on any atom is -0.497 e. The van der Waals surface area contributed by atoms with Crippen molar-refractivity contribution in [3.8, 4) is 5.75 Å². The Hall–Kier alpha value is -1.95. The summed E-state index contributed by atoms with van der Waals surface area (Å²) in [5.41, 5.74) is 3.61. The lowest BCUT2D eigenvalue weighted by Gasteiger charge is -2.36. The highest BCUT2D eigenvalue weighted by Gasteiger charge is 2.32. The molecular formula is C18H21N3O2S. The first-order valence-electron chi connectivity index (χ1n) is 8.31. The Bertz CT molecular complexity index is 744. The largest absolute Gasteiger partial charge is 0.497 e. The number of benzene rings is 1. The number of nitrogens with zero attached hydrogens (tertiary/aromatic N) is 3. The first-order chi connectivity index (χ1) is 11.7. The van der Waals surface area contributed by atoms with Crippen LogP contribution in [0.2, 0.25) is 0 Å². The van der Waals surface area contributed by atoms with E-state index in [1.54, 1.807) is 18.9 Å². The minimum atomic E-state index is 0.0812. The van der Waals surface area contributed by atoms with E-state index in [2.05, 4.69) is 34.4 Å². The van der Waals surface area contributed by atoms with Gasteiger partial charge in [0.15, 0.2) is 5.17 Å². The molecule has 0 radical (unpaired) electrons. The van der Waals surface area contributed by atoms with Crippen molar-refractivity contribution in [2.24, 2.45) is 4.99 Å². The van der Waals surface area contributed by atoms with Crippen molar-refractivity contribution >= 4 is 22.8 Å². The number of thioether (sulfide) groups is 1. The molecule has 3 aliphatic rings. The number of rotatable bonds is 3. The van der Waals surface area contributed by atoms with Crippen LogP contribution < -0.4 is 4.74 Å². The number of amides is 1. The molecule has 3 aliphatic heterocycles. The zero-order valence-corrected chi connectivity index (χ0v) is 14.8. The van der Waals surface area contributed by atoms with Gasteiger partial charge in [0.25, 0.3) is 0 Å². The second-order valence-corrected chi connectivity index (χ2v) is 7.13. The normalized spacial score (nSPS) is 22.0. The molecule has 126 valence electrons. The molecule has 6 heteroatoms. The van der Waals surface area contributed by atoms with Crippen LogP contribution >= 0.6 is 11.8 Å². The summed E-state index contributed by atoms with van der Waals surface area (Å²) < 4.78 is 5.34. The smallest absolute Gasteiger partial charge is 0.229 e. The van der Waals surface area contributed by atoms with E-state index in [-0.39, 0.29) is 11.9 Å². The Morgan fingerprint density at radius 3 is 3.12 bits per heavy atom. The van der Waals surface area contributed by atoms with Gasteiger partial charge in [-0.15, -0.1) is 0 Å². The van der Waals surface area contributed by atoms with E-state index in [1.807, 2.05) is 11.0 Å². The van der Waals surface area contributed by atoms with Crippen LogP contribution in [0.5, 0.6) is 5.75 Å². The molecule has 0 bridgehead atoms. The fourth-order valence-electron chi connectivity index (χ4n) is 3.63. The molecule has 0 saturated heterocycles. The first-order valence-corrected chi connectivity index (χ1v) is 9.19. The molecule has 0 N–H and O–H groups in total. The van der Waals surface area contributed by atoms with Crippen LogP contribution in [0.4, 0.5) is 0 Å². The van der Waals surface area contributed by atoms with Gasteiger partial charge in [0.1, 0.15) is 5.75 Å². The minimum absolute atomic E-state index is 0.0812. The zero-order chi connectivity index (χ0) is 16.7. The van der Waals surface area contributed by atoms with Crippen molar-refractivity contribution in [2.75, 3.05) is 26.7 Å². The van der Waals surface area contributed by atoms with Gasteiger partial charge in [-0.3, -0.25) is 9.79 Å². The Labute approximate surface area is 146 Å². The molecule has 1 atom stereocenters. The standard InChI is InChI=1S/C18H21N3O2S/c1-12-16-10-15(23-2)4-3-13(16)5-7-20(12)17(22)9-14-11-24-18-19-6-8-21(14)18/h3-4,10-12H,5-9H2,1-2H3. The van der Waals surface area contributed by atoms with Crippen molar-refractivity contribution in [1.82, 2.24) is 9.80 Å². The summed E-state index contributed by atoms with van der Waals surface area (Å²) in [6.45, 7) is 4.62. The highest BCUT2D eigenvalue weighted by Crippen LogP contribution is 2.35. The number of hydrogen-bond acceptors (Lipinski definition) is 5. The van der Waals surface area contributed by atoms with Crippen LogP contribution in [0.15, 0.2) is 34.3 Å². The fourth-order valence-corrected chi connectivity index (χ4v) is 4.59. The maximum atomic E-state index is 12.9. The third-order valence-electron chi connectivity index (χ3n) is 4.99. The molecule has 0 fully saturated rings. The number of aliphatic imine (C=N–C) groups is 1. The van der Waals surface area contributed by atoms with Gasteiger partial charge >= 0.3 is 0 Å². The van der Waals surface area contributed by atoms with Crippen molar-refractivity contribution in [3.05, 3.63) is 40.4 Å². The average molecular weight is 343 g/mol. The summed E-state index contributed by atoms with van der Waals surface area (Å²) in [4.78, 5) is 21.5. The van der Waals surface area contributed by atoms with Crippen LogP contribution in [0.25, 0.3) is 0 Å². The number of methoxy groups -OCH3 is 1. The predicted octanol–water partition coefficient (Wildman–Crippen LogP) is 2.79. The third kappa shape index (κ3) is 2.59. The lowest BCUT2D eigenvalue weighted by Crippen LogP contribution is -2.39. The molecule has 1 amide bonds. The van der Waals surface area contributed by atoms with Crippen LogP contribution in [0.1, 0.15) is 30.5 Å². The Balaban J connectivity index is 1.50. The highest BCUT2D eigenvalue weighted by atomic mass is 32.2. The molecule has 0 spiro atoms. The maximum Gasteiger partial charge on any atom is 0.229 e. The number of hydrogen-bond donors (Lipinski definition) is 0. The summed E-state index contributed by atoms with van der Waals surface area (Å²) in [5.74, 6) is 1.04. The second-order valence-electron chi connectivity index (χ2n) is 6.30. The van der Waals surface area contributed by atoms with Crippen LogP contribution in [0, 0.1) is 0 Å². The van der Waals surface area contributed by atoms with Gasteiger partial charge in [-0.2, -0.15) is 0 Å². The van der Waals surface area contributed by atoms with E-state index in [1.165, 1.54) is 11.1 Å². The second kappa shape index (κ2) is 6.16. The van der Waals surface area contributed by atoms with Gasteiger partial charge in [-0.1, -0.05) is 17.8 Å². The Kier molecular flexibility index (Phi) is 4.00. The van der Waals surface area contributed by atoms with Crippen molar-refractivity contribution in [1.29, 1.82) is 0 Å². The number of carbonyl (C=O) groups excluding carboxylic acids is 1. The summed E-state index contributed by atoms with van der Waals surface area (Å²) in [7, 11) is 1.68. The van der Waals surface area contributed by atoms with Gasteiger partial charge < -0.3 is 14.5 Å². The van der Waals surface area contributed by atoms with Crippen molar-refractivity contribution < 1.29 is 9.53 Å². The van der Waals surface area contributed by atoms with E-state index in [4.69, 9.17) is 4.74 Å². The SMILES string of the molecule is COc1ccc2c(c1)C(C)N(C(=O)CC1=CSC3=NCCN13)CC2.